The Bertz CT molecular complexity index is 328. The van der Waals surface area contributed by atoms with Crippen molar-refractivity contribution in [2.24, 2.45) is 0 Å². The van der Waals surface area contributed by atoms with Crippen LogP contribution in [0.1, 0.15) is 0 Å². The van der Waals surface area contributed by atoms with Crippen LogP contribution in [0, 0.1) is 0 Å². The van der Waals surface area contributed by atoms with Gasteiger partial charge in [0.05, 0.1) is 19.6 Å². The second-order valence-electron chi connectivity index (χ2n) is 3.92. The van der Waals surface area contributed by atoms with Gasteiger partial charge >= 0.3 is 17.9 Å². The number of rotatable bonds is 11. The second kappa shape index (κ2) is 9.06. The van der Waals surface area contributed by atoms with Gasteiger partial charge in [0, 0.05) is 19.6 Å². The van der Waals surface area contributed by atoms with Crippen LogP contribution in [0.4, 0.5) is 0 Å². The summed E-state index contributed by atoms with van der Waals surface area (Å²) in [5.41, 5.74) is 0. The highest BCUT2D eigenvalue weighted by Crippen LogP contribution is 1.94. The number of carboxylic acid groups (broad SMARTS) is 3. The Labute approximate surface area is 110 Å². The van der Waals surface area contributed by atoms with Gasteiger partial charge in [0.15, 0.2) is 0 Å². The molecule has 0 aromatic heterocycles. The summed E-state index contributed by atoms with van der Waals surface area (Å²) < 4.78 is 0. The molecule has 0 aliphatic carbocycles. The summed E-state index contributed by atoms with van der Waals surface area (Å²) in [5, 5.41) is 26.0. The fourth-order valence-corrected chi connectivity index (χ4v) is 1.49. The number of hydrogen-bond acceptors (Lipinski definition) is 5. The van der Waals surface area contributed by atoms with Crippen LogP contribution in [0.3, 0.4) is 0 Å². The lowest BCUT2D eigenvalue weighted by atomic mass is 10.4. The Kier molecular flexibility index (Phi) is 8.14. The molecule has 0 spiro atoms. The quantitative estimate of drug-likeness (QED) is 0.412. The molecule has 0 aromatic carbocycles. The molecule has 108 valence electrons. The van der Waals surface area contributed by atoms with E-state index in [9.17, 15) is 14.4 Å². The summed E-state index contributed by atoms with van der Waals surface area (Å²) in [4.78, 5) is 34.5. The predicted octanol–water partition coefficient (Wildman–Crippen LogP) is -0.970. The fraction of sp³-hybridized carbons (Fsp3) is 0.545. The van der Waals surface area contributed by atoms with Crippen LogP contribution in [0.2, 0.25) is 0 Å². The van der Waals surface area contributed by atoms with Crippen LogP contribution in [0.15, 0.2) is 12.7 Å². The predicted molar refractivity (Wildman–Crippen MR) is 66.0 cm³/mol. The van der Waals surface area contributed by atoms with Crippen LogP contribution in [0.5, 0.6) is 0 Å². The molecular formula is C11H18N2O6. The molecule has 0 saturated carbocycles. The van der Waals surface area contributed by atoms with Crippen molar-refractivity contribution in [3.8, 4) is 0 Å². The van der Waals surface area contributed by atoms with Crippen molar-refractivity contribution in [1.82, 2.24) is 9.80 Å². The lowest BCUT2D eigenvalue weighted by molar-refractivity contribution is -0.143. The Hall–Kier alpha value is -1.93. The first-order valence-electron chi connectivity index (χ1n) is 5.56. The van der Waals surface area contributed by atoms with Gasteiger partial charge in [-0.3, -0.25) is 24.2 Å². The van der Waals surface area contributed by atoms with E-state index in [1.165, 1.54) is 15.9 Å². The molecule has 0 heterocycles. The van der Waals surface area contributed by atoms with E-state index in [0.717, 1.165) is 0 Å². The van der Waals surface area contributed by atoms with Crippen LogP contribution in [-0.2, 0) is 14.4 Å². The van der Waals surface area contributed by atoms with Gasteiger partial charge in [0.1, 0.15) is 0 Å². The van der Waals surface area contributed by atoms with E-state index in [4.69, 9.17) is 15.3 Å². The Balaban J connectivity index is 4.37. The molecule has 0 unspecified atom stereocenters. The van der Waals surface area contributed by atoms with Crippen molar-refractivity contribution < 1.29 is 29.7 Å². The summed E-state index contributed by atoms with van der Waals surface area (Å²) in [6.07, 6.45) is 1.53. The molecule has 8 heteroatoms. The minimum Gasteiger partial charge on any atom is -0.480 e. The SMILES string of the molecule is C=CCN(CCN(CC(=O)O)CC(=O)O)CC(=O)O. The number of nitrogens with zero attached hydrogens (tertiary/aromatic N) is 2. The average molecular weight is 274 g/mol. The third-order valence-electron chi connectivity index (χ3n) is 2.20. The number of hydrogen-bond donors (Lipinski definition) is 3. The van der Waals surface area contributed by atoms with Gasteiger partial charge < -0.3 is 15.3 Å². The maximum atomic E-state index is 10.6. The first kappa shape index (κ1) is 17.1. The zero-order valence-corrected chi connectivity index (χ0v) is 10.5. The molecule has 0 rings (SSSR count). The van der Waals surface area contributed by atoms with Crippen molar-refractivity contribution in [1.29, 1.82) is 0 Å². The van der Waals surface area contributed by atoms with Crippen molar-refractivity contribution in [3.05, 3.63) is 12.7 Å². The van der Waals surface area contributed by atoms with Crippen LogP contribution in [-0.4, -0.2) is 82.3 Å². The largest absolute Gasteiger partial charge is 0.480 e. The summed E-state index contributed by atoms with van der Waals surface area (Å²) in [5.74, 6) is -3.27. The third-order valence-corrected chi connectivity index (χ3v) is 2.20. The van der Waals surface area contributed by atoms with Crippen molar-refractivity contribution in [2.75, 3.05) is 39.3 Å². The number of aliphatic carboxylic acids is 3. The highest BCUT2D eigenvalue weighted by molar-refractivity contribution is 5.72. The highest BCUT2D eigenvalue weighted by atomic mass is 16.4. The van der Waals surface area contributed by atoms with Crippen LogP contribution >= 0.6 is 0 Å². The molecule has 0 amide bonds. The maximum absolute atomic E-state index is 10.6. The van der Waals surface area contributed by atoms with E-state index in [1.807, 2.05) is 0 Å². The van der Waals surface area contributed by atoms with Crippen molar-refractivity contribution in [2.45, 2.75) is 0 Å². The number of carbonyl (C=O) groups is 3. The van der Waals surface area contributed by atoms with Gasteiger partial charge in [0.2, 0.25) is 0 Å². The summed E-state index contributed by atoms with van der Waals surface area (Å²) in [7, 11) is 0. The molecule has 0 saturated heterocycles. The molecule has 0 bridgehead atoms. The van der Waals surface area contributed by atoms with Crippen LogP contribution in [0.25, 0.3) is 0 Å². The van der Waals surface area contributed by atoms with E-state index in [2.05, 4.69) is 6.58 Å². The van der Waals surface area contributed by atoms with E-state index in [1.54, 1.807) is 0 Å². The van der Waals surface area contributed by atoms with Gasteiger partial charge in [0.25, 0.3) is 0 Å². The Morgan fingerprint density at radius 1 is 0.842 bits per heavy atom. The lowest BCUT2D eigenvalue weighted by Gasteiger charge is -2.23. The van der Waals surface area contributed by atoms with Gasteiger partial charge in [-0.15, -0.1) is 6.58 Å². The maximum Gasteiger partial charge on any atom is 0.317 e. The van der Waals surface area contributed by atoms with Crippen LogP contribution < -0.4 is 0 Å². The molecule has 0 aliphatic heterocycles. The molecule has 0 aliphatic rings. The van der Waals surface area contributed by atoms with E-state index >= 15 is 0 Å². The highest BCUT2D eigenvalue weighted by Gasteiger charge is 2.15. The van der Waals surface area contributed by atoms with Gasteiger partial charge in [-0.1, -0.05) is 6.08 Å². The summed E-state index contributed by atoms with van der Waals surface area (Å²) in [6, 6.07) is 0. The summed E-state index contributed by atoms with van der Waals surface area (Å²) in [6.45, 7) is 3.22. The Morgan fingerprint density at radius 3 is 1.58 bits per heavy atom. The van der Waals surface area contributed by atoms with Crippen molar-refractivity contribution in [3.63, 3.8) is 0 Å². The molecule has 8 nitrogen and oxygen atoms in total. The fourth-order valence-electron chi connectivity index (χ4n) is 1.49. The smallest absolute Gasteiger partial charge is 0.317 e. The minimum absolute atomic E-state index is 0.152. The van der Waals surface area contributed by atoms with Gasteiger partial charge in [-0.05, 0) is 0 Å². The average Bonchev–Trinajstić information content (AvgIpc) is 2.23. The molecular weight excluding hydrogens is 256 g/mol. The number of carboxylic acids is 3. The van der Waals surface area contributed by atoms with E-state index in [-0.39, 0.29) is 19.6 Å². The topological polar surface area (TPSA) is 118 Å². The zero-order chi connectivity index (χ0) is 14.8. The second-order valence-corrected chi connectivity index (χ2v) is 3.92. The monoisotopic (exact) mass is 274 g/mol. The molecule has 0 aromatic rings. The van der Waals surface area contributed by atoms with E-state index in [0.29, 0.717) is 6.54 Å². The standard InChI is InChI=1S/C11H18N2O6/c1-2-3-12(6-9(14)15)4-5-13(7-10(16)17)8-11(18)19/h2H,1,3-8H2,(H,14,15)(H,16,17)(H,18,19). The molecule has 0 fully saturated rings. The lowest BCUT2D eigenvalue weighted by Crippen LogP contribution is -2.41. The Morgan fingerprint density at radius 2 is 1.21 bits per heavy atom. The molecule has 3 N–H and O–H groups in total. The van der Waals surface area contributed by atoms with E-state index < -0.39 is 31.0 Å². The first-order chi connectivity index (χ1) is 8.85. The first-order valence-corrected chi connectivity index (χ1v) is 5.56. The van der Waals surface area contributed by atoms with Crippen molar-refractivity contribution >= 4 is 17.9 Å². The zero-order valence-electron chi connectivity index (χ0n) is 10.5. The minimum atomic E-state index is -1.13. The molecule has 19 heavy (non-hydrogen) atoms. The third kappa shape index (κ3) is 9.74. The summed E-state index contributed by atoms with van der Waals surface area (Å²) >= 11 is 0. The molecule has 0 atom stereocenters. The van der Waals surface area contributed by atoms with Gasteiger partial charge in [-0.2, -0.15) is 0 Å². The van der Waals surface area contributed by atoms with Gasteiger partial charge in [-0.25, -0.2) is 0 Å². The normalized spacial score (nSPS) is 10.6. The molecule has 0 radical (unpaired) electrons.